The Hall–Kier alpha value is -0.890. The standard InChI is InChI=1S/C14H20FN/c1-10-7-11(2)9-12(8-10)14(15)13-5-3-4-6-16-13/h7-9,13-14,16H,3-6H2,1-2H3. The SMILES string of the molecule is Cc1cc(C)cc(C(F)C2CCCCN2)c1. The largest absolute Gasteiger partial charge is 0.311 e. The zero-order valence-corrected chi connectivity index (χ0v) is 10.1. The molecule has 0 radical (unpaired) electrons. The Bertz CT molecular complexity index is 336. The molecule has 0 saturated carbocycles. The van der Waals surface area contributed by atoms with Crippen molar-refractivity contribution in [2.75, 3.05) is 6.54 Å². The summed E-state index contributed by atoms with van der Waals surface area (Å²) in [7, 11) is 0. The summed E-state index contributed by atoms with van der Waals surface area (Å²) >= 11 is 0. The van der Waals surface area contributed by atoms with Gasteiger partial charge in [-0.15, -0.1) is 0 Å². The molecule has 2 rings (SSSR count). The van der Waals surface area contributed by atoms with Crippen molar-refractivity contribution in [1.82, 2.24) is 5.32 Å². The van der Waals surface area contributed by atoms with Crippen molar-refractivity contribution >= 4 is 0 Å². The van der Waals surface area contributed by atoms with E-state index in [0.29, 0.717) is 0 Å². The van der Waals surface area contributed by atoms with E-state index >= 15 is 0 Å². The van der Waals surface area contributed by atoms with Gasteiger partial charge in [-0.25, -0.2) is 4.39 Å². The Labute approximate surface area is 97.1 Å². The van der Waals surface area contributed by atoms with E-state index in [1.54, 1.807) is 0 Å². The average molecular weight is 221 g/mol. The van der Waals surface area contributed by atoms with Crippen LogP contribution in [0.3, 0.4) is 0 Å². The van der Waals surface area contributed by atoms with Crippen LogP contribution in [0.4, 0.5) is 4.39 Å². The number of hydrogen-bond acceptors (Lipinski definition) is 1. The Morgan fingerprint density at radius 1 is 1.19 bits per heavy atom. The zero-order chi connectivity index (χ0) is 11.5. The number of nitrogens with one attached hydrogen (secondary N) is 1. The van der Waals surface area contributed by atoms with Crippen LogP contribution < -0.4 is 5.32 Å². The van der Waals surface area contributed by atoms with E-state index in [4.69, 9.17) is 0 Å². The van der Waals surface area contributed by atoms with Crippen molar-refractivity contribution in [2.24, 2.45) is 0 Å². The molecule has 1 nitrogen and oxygen atoms in total. The normalized spacial score (nSPS) is 23.1. The fraction of sp³-hybridized carbons (Fsp3) is 0.571. The molecule has 0 bridgehead atoms. The van der Waals surface area contributed by atoms with E-state index in [1.807, 2.05) is 26.0 Å². The van der Waals surface area contributed by atoms with Crippen LogP contribution in [-0.2, 0) is 0 Å². The van der Waals surface area contributed by atoms with Gasteiger partial charge in [0.2, 0.25) is 0 Å². The van der Waals surface area contributed by atoms with Crippen LogP contribution in [0.25, 0.3) is 0 Å². The maximum Gasteiger partial charge on any atom is 0.140 e. The predicted molar refractivity (Wildman–Crippen MR) is 65.4 cm³/mol. The van der Waals surface area contributed by atoms with Gasteiger partial charge in [-0.2, -0.15) is 0 Å². The second-order valence-electron chi connectivity index (χ2n) is 4.88. The molecule has 0 amide bonds. The number of aryl methyl sites for hydroxylation is 2. The highest BCUT2D eigenvalue weighted by molar-refractivity contribution is 5.30. The van der Waals surface area contributed by atoms with E-state index in [-0.39, 0.29) is 6.04 Å². The third kappa shape index (κ3) is 2.62. The first-order valence-corrected chi connectivity index (χ1v) is 6.12. The van der Waals surface area contributed by atoms with Gasteiger partial charge >= 0.3 is 0 Å². The summed E-state index contributed by atoms with van der Waals surface area (Å²) in [4.78, 5) is 0. The summed E-state index contributed by atoms with van der Waals surface area (Å²) in [6.07, 6.45) is 2.41. The zero-order valence-electron chi connectivity index (χ0n) is 10.1. The highest BCUT2D eigenvalue weighted by Gasteiger charge is 2.24. The molecule has 0 aliphatic carbocycles. The van der Waals surface area contributed by atoms with Crippen molar-refractivity contribution in [3.8, 4) is 0 Å². The molecule has 1 aromatic rings. The van der Waals surface area contributed by atoms with Gasteiger partial charge in [0, 0.05) is 6.04 Å². The Kier molecular flexibility index (Phi) is 3.59. The lowest BCUT2D eigenvalue weighted by Crippen LogP contribution is -2.37. The lowest BCUT2D eigenvalue weighted by Gasteiger charge is -2.27. The fourth-order valence-corrected chi connectivity index (χ4v) is 2.53. The van der Waals surface area contributed by atoms with Gasteiger partial charge in [-0.05, 0) is 38.8 Å². The first-order chi connectivity index (χ1) is 7.66. The van der Waals surface area contributed by atoms with Crippen molar-refractivity contribution in [2.45, 2.75) is 45.3 Å². The third-order valence-corrected chi connectivity index (χ3v) is 3.26. The summed E-state index contributed by atoms with van der Waals surface area (Å²) in [5, 5.41) is 3.28. The van der Waals surface area contributed by atoms with Gasteiger partial charge in [0.25, 0.3) is 0 Å². The molecule has 1 saturated heterocycles. The highest BCUT2D eigenvalue weighted by atomic mass is 19.1. The average Bonchev–Trinajstić information content (AvgIpc) is 2.28. The number of benzene rings is 1. The maximum atomic E-state index is 14.3. The van der Waals surface area contributed by atoms with Crippen molar-refractivity contribution in [3.63, 3.8) is 0 Å². The number of halogens is 1. The number of alkyl halides is 1. The van der Waals surface area contributed by atoms with Crippen LogP contribution in [0.1, 0.15) is 42.1 Å². The molecular formula is C14H20FN. The first kappa shape index (κ1) is 11.6. The van der Waals surface area contributed by atoms with Gasteiger partial charge in [0.15, 0.2) is 0 Å². The summed E-state index contributed by atoms with van der Waals surface area (Å²) in [5.41, 5.74) is 3.12. The van der Waals surface area contributed by atoms with E-state index in [1.165, 1.54) is 6.42 Å². The minimum atomic E-state index is -0.862. The molecule has 1 aliphatic heterocycles. The third-order valence-electron chi connectivity index (χ3n) is 3.26. The highest BCUT2D eigenvalue weighted by Crippen LogP contribution is 2.27. The Morgan fingerprint density at radius 2 is 1.88 bits per heavy atom. The molecular weight excluding hydrogens is 201 g/mol. The van der Waals surface area contributed by atoms with Gasteiger partial charge in [0.1, 0.15) is 6.17 Å². The molecule has 2 heteroatoms. The van der Waals surface area contributed by atoms with Crippen molar-refractivity contribution in [3.05, 3.63) is 34.9 Å². The monoisotopic (exact) mass is 221 g/mol. The minimum Gasteiger partial charge on any atom is -0.311 e. The molecule has 2 atom stereocenters. The van der Waals surface area contributed by atoms with Gasteiger partial charge in [-0.3, -0.25) is 0 Å². The van der Waals surface area contributed by atoms with Crippen LogP contribution in [0.15, 0.2) is 18.2 Å². The fourth-order valence-electron chi connectivity index (χ4n) is 2.53. The summed E-state index contributed by atoms with van der Waals surface area (Å²) in [6, 6.07) is 6.03. The molecule has 0 aromatic heterocycles. The molecule has 1 aromatic carbocycles. The minimum absolute atomic E-state index is 0.00921. The second-order valence-corrected chi connectivity index (χ2v) is 4.88. The van der Waals surface area contributed by atoms with E-state index in [9.17, 15) is 4.39 Å². The lowest BCUT2D eigenvalue weighted by atomic mass is 9.94. The topological polar surface area (TPSA) is 12.0 Å². The van der Waals surface area contributed by atoms with Crippen LogP contribution in [0.5, 0.6) is 0 Å². The van der Waals surface area contributed by atoms with Crippen molar-refractivity contribution < 1.29 is 4.39 Å². The second kappa shape index (κ2) is 4.96. The molecule has 16 heavy (non-hydrogen) atoms. The molecule has 1 heterocycles. The van der Waals surface area contributed by atoms with Crippen LogP contribution in [0.2, 0.25) is 0 Å². The molecule has 1 aliphatic rings. The summed E-state index contributed by atoms with van der Waals surface area (Å²) in [5.74, 6) is 0. The summed E-state index contributed by atoms with van der Waals surface area (Å²) < 4.78 is 14.3. The Morgan fingerprint density at radius 3 is 2.44 bits per heavy atom. The van der Waals surface area contributed by atoms with Crippen LogP contribution in [-0.4, -0.2) is 12.6 Å². The van der Waals surface area contributed by atoms with Gasteiger partial charge in [-0.1, -0.05) is 35.7 Å². The summed E-state index contributed by atoms with van der Waals surface area (Å²) in [6.45, 7) is 5.00. The van der Waals surface area contributed by atoms with Crippen LogP contribution in [0, 0.1) is 13.8 Å². The molecule has 1 fully saturated rings. The maximum absolute atomic E-state index is 14.3. The number of rotatable bonds is 2. The lowest BCUT2D eigenvalue weighted by molar-refractivity contribution is 0.221. The first-order valence-electron chi connectivity index (χ1n) is 6.12. The molecule has 1 N–H and O–H groups in total. The molecule has 2 unspecified atom stereocenters. The smallest absolute Gasteiger partial charge is 0.140 e. The van der Waals surface area contributed by atoms with Crippen LogP contribution >= 0.6 is 0 Å². The van der Waals surface area contributed by atoms with Gasteiger partial charge < -0.3 is 5.32 Å². The van der Waals surface area contributed by atoms with Crippen molar-refractivity contribution in [1.29, 1.82) is 0 Å². The number of hydrogen-bond donors (Lipinski definition) is 1. The predicted octanol–water partition coefficient (Wildman–Crippen LogP) is 3.46. The van der Waals surface area contributed by atoms with Gasteiger partial charge in [0.05, 0.1) is 0 Å². The van der Waals surface area contributed by atoms with E-state index < -0.39 is 6.17 Å². The van der Waals surface area contributed by atoms with E-state index in [0.717, 1.165) is 36.1 Å². The number of piperidine rings is 1. The Balaban J connectivity index is 2.15. The quantitative estimate of drug-likeness (QED) is 0.806. The van der Waals surface area contributed by atoms with E-state index in [2.05, 4.69) is 11.4 Å². The molecule has 88 valence electrons. The molecule has 0 spiro atoms.